The molecule has 1 fully saturated rings. The van der Waals surface area contributed by atoms with Gasteiger partial charge in [-0.25, -0.2) is 0 Å². The summed E-state index contributed by atoms with van der Waals surface area (Å²) in [4.78, 5) is 41.1. The Morgan fingerprint density at radius 3 is 1.32 bits per heavy atom. The summed E-state index contributed by atoms with van der Waals surface area (Å²) in [7, 11) is 0. The average molecular weight is 839 g/mol. The topological polar surface area (TPSA) is 174 Å². The molecular weight excluding hydrogens is 745 g/mol. The van der Waals surface area contributed by atoms with Crippen molar-refractivity contribution in [2.75, 3.05) is 13.2 Å². The smallest absolute Gasteiger partial charge is 0.242 e. The molecule has 7 atom stereocenters. The summed E-state index contributed by atoms with van der Waals surface area (Å²) in [5.74, 6) is -1.25. The molecule has 0 saturated carbocycles. The number of aliphatic hydroxyl groups is 3. The monoisotopic (exact) mass is 839 g/mol. The van der Waals surface area contributed by atoms with Crippen LogP contribution in [-0.2, 0) is 19.1 Å². The molecule has 0 aromatic heterocycles. The summed E-state index contributed by atoms with van der Waals surface area (Å²) in [6, 6.07) is -2.99. The number of rotatable bonds is 39. The van der Waals surface area contributed by atoms with E-state index >= 15 is 0 Å². The lowest BCUT2D eigenvalue weighted by atomic mass is 9.94. The van der Waals surface area contributed by atoms with Crippen molar-refractivity contribution >= 4 is 17.7 Å². The number of nitrogens with one attached hydrogen (secondary N) is 2. The Morgan fingerprint density at radius 2 is 0.949 bits per heavy atom. The maximum atomic E-state index is 14.0. The standard InChI is InChI=1S/C48H94N4O7/c1-5-7-9-11-13-15-17-19-21-23-25-27-29-31-33-35-37-52(42(54)36-34-32-30-28-26-24-22-20-18-16-14-12-10-8-6-2)48-43(45(56)44(55)41(38-53)59-48)51-47(58)40(4)50-46(57)39(3)49/h39-41,43-45,48,53,55-56H,5-38,49H2,1-4H3,(H,50,57)(H,51,58)/t39-,40+,41-,43-,44-,45-,48-/m1/s1. The molecule has 11 nitrogen and oxygen atoms in total. The first-order chi connectivity index (χ1) is 28.6. The molecule has 0 aromatic rings. The first-order valence-electron chi connectivity index (χ1n) is 24.9. The van der Waals surface area contributed by atoms with E-state index in [0.29, 0.717) is 13.0 Å². The molecule has 0 bridgehead atoms. The lowest BCUT2D eigenvalue weighted by Crippen LogP contribution is -2.69. The van der Waals surface area contributed by atoms with Crippen LogP contribution in [0.2, 0.25) is 0 Å². The molecule has 0 spiro atoms. The van der Waals surface area contributed by atoms with E-state index in [0.717, 1.165) is 51.4 Å². The molecule has 1 rings (SSSR count). The van der Waals surface area contributed by atoms with Crippen LogP contribution in [0.15, 0.2) is 0 Å². The molecule has 0 radical (unpaired) electrons. The summed E-state index contributed by atoms with van der Waals surface area (Å²) < 4.78 is 6.15. The van der Waals surface area contributed by atoms with Gasteiger partial charge in [0.1, 0.15) is 30.4 Å². The second-order valence-corrected chi connectivity index (χ2v) is 17.9. The number of unbranched alkanes of at least 4 members (excludes halogenated alkanes) is 29. The highest BCUT2D eigenvalue weighted by molar-refractivity contribution is 5.89. The van der Waals surface area contributed by atoms with E-state index in [1.165, 1.54) is 162 Å². The van der Waals surface area contributed by atoms with Crippen molar-refractivity contribution in [3.63, 3.8) is 0 Å². The fraction of sp³-hybridized carbons (Fsp3) is 0.938. The van der Waals surface area contributed by atoms with Crippen molar-refractivity contribution in [2.24, 2.45) is 5.73 Å². The first-order valence-corrected chi connectivity index (χ1v) is 24.9. The lowest BCUT2D eigenvalue weighted by molar-refractivity contribution is -0.231. The fourth-order valence-electron chi connectivity index (χ4n) is 8.24. The molecule has 7 N–H and O–H groups in total. The molecule has 3 amide bonds. The van der Waals surface area contributed by atoms with Crippen LogP contribution >= 0.6 is 0 Å². The van der Waals surface area contributed by atoms with Crippen molar-refractivity contribution in [3.8, 4) is 0 Å². The highest BCUT2D eigenvalue weighted by Gasteiger charge is 2.48. The van der Waals surface area contributed by atoms with Gasteiger partial charge in [-0.3, -0.25) is 14.4 Å². The molecule has 348 valence electrons. The Kier molecular flexibility index (Phi) is 34.5. The molecule has 0 aliphatic carbocycles. The average Bonchev–Trinajstić information content (AvgIpc) is 3.22. The Balaban J connectivity index is 2.70. The third-order valence-corrected chi connectivity index (χ3v) is 12.2. The number of carbonyl (C=O) groups excluding carboxylic acids is 3. The molecule has 59 heavy (non-hydrogen) atoms. The van der Waals surface area contributed by atoms with Gasteiger partial charge in [0.25, 0.3) is 0 Å². The molecule has 0 unspecified atom stereocenters. The van der Waals surface area contributed by atoms with E-state index in [1.807, 2.05) is 0 Å². The van der Waals surface area contributed by atoms with E-state index in [4.69, 9.17) is 10.5 Å². The summed E-state index contributed by atoms with van der Waals surface area (Å²) >= 11 is 0. The van der Waals surface area contributed by atoms with Gasteiger partial charge in [0, 0.05) is 13.0 Å². The van der Waals surface area contributed by atoms with Crippen LogP contribution in [0.1, 0.15) is 233 Å². The van der Waals surface area contributed by atoms with Gasteiger partial charge in [0.2, 0.25) is 17.7 Å². The van der Waals surface area contributed by atoms with Gasteiger partial charge in [0.05, 0.1) is 12.6 Å². The van der Waals surface area contributed by atoms with Crippen molar-refractivity contribution in [3.05, 3.63) is 0 Å². The minimum Gasteiger partial charge on any atom is -0.394 e. The SMILES string of the molecule is CCCCCCCCCCCCCCCCCCN(C(=O)CCCCCCCCCCCCCCCCC)[C@@H]1O[C@H](CO)[C@@H](O)[C@H](O)[C@H]1NC(=O)[C@H](C)NC(=O)[C@@H](C)N. The van der Waals surface area contributed by atoms with Gasteiger partial charge in [-0.15, -0.1) is 0 Å². The van der Waals surface area contributed by atoms with Gasteiger partial charge in [-0.2, -0.15) is 0 Å². The maximum absolute atomic E-state index is 14.0. The van der Waals surface area contributed by atoms with Crippen LogP contribution in [-0.4, -0.2) is 93.8 Å². The number of hydrogen-bond donors (Lipinski definition) is 6. The third-order valence-electron chi connectivity index (χ3n) is 12.2. The fourth-order valence-corrected chi connectivity index (χ4v) is 8.24. The van der Waals surface area contributed by atoms with Crippen LogP contribution in [0.25, 0.3) is 0 Å². The highest BCUT2D eigenvalue weighted by atomic mass is 16.5. The Morgan fingerprint density at radius 1 is 0.576 bits per heavy atom. The van der Waals surface area contributed by atoms with Gasteiger partial charge >= 0.3 is 0 Å². The van der Waals surface area contributed by atoms with Gasteiger partial charge in [-0.05, 0) is 26.7 Å². The number of ether oxygens (including phenoxy) is 1. The van der Waals surface area contributed by atoms with Gasteiger partial charge in [-0.1, -0.05) is 200 Å². The van der Waals surface area contributed by atoms with Crippen molar-refractivity contribution in [2.45, 2.75) is 276 Å². The molecule has 1 aliphatic rings. The quantitative estimate of drug-likeness (QED) is 0.0333. The summed E-state index contributed by atoms with van der Waals surface area (Å²) in [5.41, 5.74) is 5.68. The molecule has 1 saturated heterocycles. The zero-order valence-electron chi connectivity index (χ0n) is 38.6. The van der Waals surface area contributed by atoms with Crippen molar-refractivity contribution < 1.29 is 34.4 Å². The van der Waals surface area contributed by atoms with Gasteiger partial charge < -0.3 is 41.3 Å². The number of nitrogens with two attached hydrogens (primary N) is 1. The lowest BCUT2D eigenvalue weighted by Gasteiger charge is -2.47. The van der Waals surface area contributed by atoms with Gasteiger partial charge in [0.15, 0.2) is 6.23 Å². The van der Waals surface area contributed by atoms with Crippen LogP contribution < -0.4 is 16.4 Å². The predicted octanol–water partition coefficient (Wildman–Crippen LogP) is 9.11. The molecular formula is C48H94N4O7. The Bertz CT molecular complexity index is 1030. The minimum atomic E-state index is -1.52. The number of carbonyl (C=O) groups is 3. The second-order valence-electron chi connectivity index (χ2n) is 17.9. The normalized spacial score (nSPS) is 20.3. The van der Waals surface area contributed by atoms with E-state index in [9.17, 15) is 29.7 Å². The first kappa shape index (κ1) is 55.2. The summed E-state index contributed by atoms with van der Waals surface area (Å²) in [6.07, 6.45) is 33.4. The number of hydrogen-bond acceptors (Lipinski definition) is 8. The zero-order valence-corrected chi connectivity index (χ0v) is 38.6. The minimum absolute atomic E-state index is 0.136. The largest absolute Gasteiger partial charge is 0.394 e. The highest BCUT2D eigenvalue weighted by Crippen LogP contribution is 2.26. The number of aliphatic hydroxyl groups excluding tert-OH is 3. The van der Waals surface area contributed by atoms with E-state index < -0.39 is 61.1 Å². The van der Waals surface area contributed by atoms with E-state index in [2.05, 4.69) is 24.5 Å². The molecule has 1 aliphatic heterocycles. The molecule has 1 heterocycles. The number of amides is 3. The van der Waals surface area contributed by atoms with Crippen LogP contribution in [0.3, 0.4) is 0 Å². The van der Waals surface area contributed by atoms with Crippen molar-refractivity contribution in [1.82, 2.24) is 15.5 Å². The molecule has 11 heteroatoms. The maximum Gasteiger partial charge on any atom is 0.242 e. The number of nitrogens with zero attached hydrogens (tertiary/aromatic N) is 1. The van der Waals surface area contributed by atoms with Crippen LogP contribution in [0, 0.1) is 0 Å². The van der Waals surface area contributed by atoms with E-state index in [-0.39, 0.29) is 5.91 Å². The van der Waals surface area contributed by atoms with Crippen LogP contribution in [0.5, 0.6) is 0 Å². The van der Waals surface area contributed by atoms with Crippen molar-refractivity contribution in [1.29, 1.82) is 0 Å². The Labute approximate surface area is 361 Å². The zero-order chi connectivity index (χ0) is 43.5. The summed E-state index contributed by atoms with van der Waals surface area (Å²) in [6.45, 7) is 7.35. The Hall–Kier alpha value is -1.79. The van der Waals surface area contributed by atoms with Crippen LogP contribution in [0.4, 0.5) is 0 Å². The summed E-state index contributed by atoms with van der Waals surface area (Å²) in [5, 5.41) is 37.4. The molecule has 0 aromatic carbocycles. The predicted molar refractivity (Wildman–Crippen MR) is 242 cm³/mol. The third kappa shape index (κ3) is 26.3. The van der Waals surface area contributed by atoms with E-state index in [1.54, 1.807) is 4.90 Å². The second kappa shape index (κ2) is 36.8.